The Morgan fingerprint density at radius 2 is 1.42 bits per heavy atom. The van der Waals surface area contributed by atoms with E-state index in [-0.39, 0.29) is 17.7 Å². The van der Waals surface area contributed by atoms with E-state index in [0.717, 1.165) is 22.4 Å². The molecule has 1 fully saturated rings. The van der Waals surface area contributed by atoms with Crippen LogP contribution in [0.1, 0.15) is 18.4 Å². The van der Waals surface area contributed by atoms with Gasteiger partial charge in [0.2, 0.25) is 11.8 Å². The lowest BCUT2D eigenvalue weighted by Gasteiger charge is -2.30. The summed E-state index contributed by atoms with van der Waals surface area (Å²) in [4.78, 5) is 27.2. The van der Waals surface area contributed by atoms with Gasteiger partial charge < -0.3 is 10.2 Å². The molecule has 0 aromatic heterocycles. The molecule has 3 aromatic carbocycles. The molecule has 0 aliphatic carbocycles. The van der Waals surface area contributed by atoms with Crippen molar-refractivity contribution in [2.24, 2.45) is 5.92 Å². The standard InChI is InChI=1S/C27H26N2O2/c30-26(16-15-21-9-3-1-4-10-21)29-19-17-23(18-20-29)27(31)28-25-14-8-7-13-24(25)22-11-5-2-6-12-22/h1-16,23H,17-20H2,(H,28,31)/b16-15+. The van der Waals surface area contributed by atoms with Crippen molar-refractivity contribution in [1.29, 1.82) is 0 Å². The molecular formula is C27H26N2O2. The minimum absolute atomic E-state index is 0.00265. The summed E-state index contributed by atoms with van der Waals surface area (Å²) in [7, 11) is 0. The number of hydrogen-bond acceptors (Lipinski definition) is 2. The number of piperidine rings is 1. The third-order valence-electron chi connectivity index (χ3n) is 5.67. The first-order valence-corrected chi connectivity index (χ1v) is 10.7. The zero-order valence-electron chi connectivity index (χ0n) is 17.4. The highest BCUT2D eigenvalue weighted by atomic mass is 16.2. The third kappa shape index (κ3) is 5.28. The van der Waals surface area contributed by atoms with Crippen LogP contribution in [0.3, 0.4) is 0 Å². The highest BCUT2D eigenvalue weighted by Gasteiger charge is 2.27. The van der Waals surface area contributed by atoms with Crippen LogP contribution in [0.2, 0.25) is 0 Å². The summed E-state index contributed by atoms with van der Waals surface area (Å²) < 4.78 is 0. The maximum atomic E-state index is 12.9. The monoisotopic (exact) mass is 410 g/mol. The van der Waals surface area contributed by atoms with Crippen molar-refractivity contribution in [3.63, 3.8) is 0 Å². The molecule has 0 saturated carbocycles. The molecule has 4 rings (SSSR count). The minimum Gasteiger partial charge on any atom is -0.339 e. The van der Waals surface area contributed by atoms with Gasteiger partial charge in [-0.25, -0.2) is 0 Å². The molecule has 0 unspecified atom stereocenters. The van der Waals surface area contributed by atoms with Gasteiger partial charge >= 0.3 is 0 Å². The zero-order chi connectivity index (χ0) is 21.5. The summed E-state index contributed by atoms with van der Waals surface area (Å²) in [5.41, 5.74) is 3.91. The fourth-order valence-electron chi connectivity index (χ4n) is 3.90. The van der Waals surface area contributed by atoms with Crippen molar-refractivity contribution in [1.82, 2.24) is 4.90 Å². The van der Waals surface area contributed by atoms with Crippen LogP contribution in [-0.2, 0) is 9.59 Å². The zero-order valence-corrected chi connectivity index (χ0v) is 17.4. The number of anilines is 1. The number of carbonyl (C=O) groups is 2. The second-order valence-corrected chi connectivity index (χ2v) is 7.74. The Morgan fingerprint density at radius 1 is 0.806 bits per heavy atom. The molecule has 1 aliphatic rings. The summed E-state index contributed by atoms with van der Waals surface area (Å²) in [6.07, 6.45) is 4.79. The number of hydrogen-bond donors (Lipinski definition) is 1. The van der Waals surface area contributed by atoms with Crippen molar-refractivity contribution in [3.05, 3.63) is 96.6 Å². The Morgan fingerprint density at radius 3 is 2.13 bits per heavy atom. The van der Waals surface area contributed by atoms with Gasteiger partial charge in [0, 0.05) is 36.3 Å². The molecular weight excluding hydrogens is 384 g/mol. The highest BCUT2D eigenvalue weighted by molar-refractivity contribution is 5.97. The number of benzene rings is 3. The number of nitrogens with zero attached hydrogens (tertiary/aromatic N) is 1. The van der Waals surface area contributed by atoms with Gasteiger partial charge in [0.25, 0.3) is 0 Å². The maximum Gasteiger partial charge on any atom is 0.246 e. The lowest BCUT2D eigenvalue weighted by Crippen LogP contribution is -2.40. The molecule has 31 heavy (non-hydrogen) atoms. The fourth-order valence-corrected chi connectivity index (χ4v) is 3.90. The highest BCUT2D eigenvalue weighted by Crippen LogP contribution is 2.29. The van der Waals surface area contributed by atoms with Crippen molar-refractivity contribution in [2.75, 3.05) is 18.4 Å². The molecule has 156 valence electrons. The van der Waals surface area contributed by atoms with Crippen LogP contribution in [-0.4, -0.2) is 29.8 Å². The van der Waals surface area contributed by atoms with Crippen molar-refractivity contribution < 1.29 is 9.59 Å². The number of rotatable bonds is 5. The minimum atomic E-state index is -0.0917. The summed E-state index contributed by atoms with van der Waals surface area (Å²) in [6, 6.07) is 27.7. The van der Waals surface area contributed by atoms with Crippen LogP contribution in [0.4, 0.5) is 5.69 Å². The van der Waals surface area contributed by atoms with E-state index in [1.165, 1.54) is 0 Å². The summed E-state index contributed by atoms with van der Waals surface area (Å²) in [5.74, 6) is -0.0709. The predicted octanol–water partition coefficient (Wildman–Crippen LogP) is 5.24. The van der Waals surface area contributed by atoms with Crippen LogP contribution < -0.4 is 5.32 Å². The number of nitrogens with one attached hydrogen (secondary N) is 1. The van der Waals surface area contributed by atoms with Gasteiger partial charge in [0.1, 0.15) is 0 Å². The largest absolute Gasteiger partial charge is 0.339 e. The van der Waals surface area contributed by atoms with Gasteiger partial charge in [-0.3, -0.25) is 9.59 Å². The molecule has 2 amide bonds. The summed E-state index contributed by atoms with van der Waals surface area (Å²) >= 11 is 0. The molecule has 4 nitrogen and oxygen atoms in total. The van der Waals surface area contributed by atoms with Crippen molar-refractivity contribution in [3.8, 4) is 11.1 Å². The van der Waals surface area contributed by atoms with E-state index in [2.05, 4.69) is 5.32 Å². The predicted molar refractivity (Wildman–Crippen MR) is 125 cm³/mol. The van der Waals surface area contributed by atoms with Gasteiger partial charge in [-0.1, -0.05) is 78.9 Å². The third-order valence-corrected chi connectivity index (χ3v) is 5.67. The van der Waals surface area contributed by atoms with E-state index in [1.807, 2.05) is 95.9 Å². The van der Waals surface area contributed by atoms with Gasteiger partial charge in [0.15, 0.2) is 0 Å². The first-order valence-electron chi connectivity index (χ1n) is 10.7. The molecule has 1 heterocycles. The Balaban J connectivity index is 1.34. The Labute approximate surface area is 183 Å². The van der Waals surface area contributed by atoms with E-state index in [4.69, 9.17) is 0 Å². The maximum absolute atomic E-state index is 12.9. The van der Waals surface area contributed by atoms with Gasteiger partial charge in [-0.2, -0.15) is 0 Å². The van der Waals surface area contributed by atoms with Crippen LogP contribution in [0.25, 0.3) is 17.2 Å². The Hall–Kier alpha value is -3.66. The van der Waals surface area contributed by atoms with Crippen LogP contribution >= 0.6 is 0 Å². The average molecular weight is 411 g/mol. The van der Waals surface area contributed by atoms with E-state index in [9.17, 15) is 9.59 Å². The smallest absolute Gasteiger partial charge is 0.246 e. The van der Waals surface area contributed by atoms with Gasteiger partial charge in [-0.15, -0.1) is 0 Å². The normalized spacial score (nSPS) is 14.5. The lowest BCUT2D eigenvalue weighted by atomic mass is 9.95. The molecule has 0 bridgehead atoms. The number of para-hydroxylation sites is 1. The average Bonchev–Trinajstić information content (AvgIpc) is 2.84. The second-order valence-electron chi connectivity index (χ2n) is 7.74. The van der Waals surface area contributed by atoms with E-state index < -0.39 is 0 Å². The second kappa shape index (κ2) is 9.90. The van der Waals surface area contributed by atoms with E-state index in [0.29, 0.717) is 25.9 Å². The Bertz CT molecular complexity index is 1050. The van der Waals surface area contributed by atoms with E-state index >= 15 is 0 Å². The first kappa shape index (κ1) is 20.6. The van der Waals surface area contributed by atoms with Crippen molar-refractivity contribution >= 4 is 23.6 Å². The topological polar surface area (TPSA) is 49.4 Å². The first-order chi connectivity index (χ1) is 15.2. The molecule has 0 radical (unpaired) electrons. The molecule has 0 atom stereocenters. The number of amides is 2. The SMILES string of the molecule is O=C(Nc1ccccc1-c1ccccc1)C1CCN(C(=O)/C=C/c2ccccc2)CC1. The van der Waals surface area contributed by atoms with Gasteiger partial charge in [-0.05, 0) is 36.1 Å². The molecule has 3 aromatic rings. The Kier molecular flexibility index (Phi) is 6.58. The molecule has 1 aliphatic heterocycles. The molecule has 1 saturated heterocycles. The fraction of sp³-hybridized carbons (Fsp3) is 0.185. The van der Waals surface area contributed by atoms with Gasteiger partial charge in [0.05, 0.1) is 0 Å². The van der Waals surface area contributed by atoms with Crippen molar-refractivity contribution in [2.45, 2.75) is 12.8 Å². The van der Waals surface area contributed by atoms with Crippen LogP contribution in [0.5, 0.6) is 0 Å². The summed E-state index contributed by atoms with van der Waals surface area (Å²) in [5, 5.41) is 3.11. The van der Waals surface area contributed by atoms with E-state index in [1.54, 1.807) is 6.08 Å². The molecule has 4 heteroatoms. The van der Waals surface area contributed by atoms with Crippen LogP contribution in [0.15, 0.2) is 91.0 Å². The number of carbonyl (C=O) groups excluding carboxylic acids is 2. The quantitative estimate of drug-likeness (QED) is 0.585. The molecule has 0 spiro atoms. The molecule has 1 N–H and O–H groups in total. The van der Waals surface area contributed by atoms with Crippen LogP contribution in [0, 0.1) is 5.92 Å². The number of likely N-dealkylation sites (tertiary alicyclic amines) is 1. The lowest BCUT2D eigenvalue weighted by molar-refractivity contribution is -0.130. The summed E-state index contributed by atoms with van der Waals surface area (Å²) in [6.45, 7) is 1.19.